The Bertz CT molecular complexity index is 495. The number of halogens is 1. The average molecular weight is 234 g/mol. The van der Waals surface area contributed by atoms with Gasteiger partial charge in [0.25, 0.3) is 0 Å². The number of aryl methyl sites for hydroxylation is 1. The molecule has 0 aliphatic heterocycles. The van der Waals surface area contributed by atoms with Crippen molar-refractivity contribution in [3.63, 3.8) is 0 Å². The summed E-state index contributed by atoms with van der Waals surface area (Å²) in [5, 5.41) is 11.0. The minimum atomic E-state index is -0.238. The Hall–Kier alpha value is -1.75. The van der Waals surface area contributed by atoms with Crippen LogP contribution in [-0.4, -0.2) is 22.0 Å². The fourth-order valence-corrected chi connectivity index (χ4v) is 1.91. The minimum absolute atomic E-state index is 0.0966. The van der Waals surface area contributed by atoms with Gasteiger partial charge in [-0.2, -0.15) is 0 Å². The van der Waals surface area contributed by atoms with Gasteiger partial charge in [-0.1, -0.05) is 17.3 Å². The lowest BCUT2D eigenvalue weighted by molar-refractivity contribution is 0.548. The number of hydrogen-bond acceptors (Lipinski definition) is 3. The zero-order valence-electron chi connectivity index (χ0n) is 9.89. The SMILES string of the molecule is CCn1nncc1C(NC)c1cccc(F)c1. The van der Waals surface area contributed by atoms with E-state index in [1.165, 1.54) is 12.1 Å². The Kier molecular flexibility index (Phi) is 3.49. The van der Waals surface area contributed by atoms with E-state index in [1.54, 1.807) is 16.9 Å². The van der Waals surface area contributed by atoms with E-state index in [0.717, 1.165) is 17.8 Å². The van der Waals surface area contributed by atoms with Gasteiger partial charge in [-0.25, -0.2) is 9.07 Å². The van der Waals surface area contributed by atoms with Gasteiger partial charge in [-0.3, -0.25) is 0 Å². The lowest BCUT2D eigenvalue weighted by Gasteiger charge is -2.17. The number of hydrogen-bond donors (Lipinski definition) is 1. The fourth-order valence-electron chi connectivity index (χ4n) is 1.91. The van der Waals surface area contributed by atoms with E-state index in [-0.39, 0.29) is 11.9 Å². The van der Waals surface area contributed by atoms with Gasteiger partial charge in [-0.05, 0) is 31.7 Å². The molecule has 0 amide bonds. The first-order chi connectivity index (χ1) is 8.26. The summed E-state index contributed by atoms with van der Waals surface area (Å²) in [6, 6.07) is 6.45. The van der Waals surface area contributed by atoms with Crippen LogP contribution in [0, 0.1) is 5.82 Å². The zero-order valence-corrected chi connectivity index (χ0v) is 9.89. The van der Waals surface area contributed by atoms with Crippen LogP contribution >= 0.6 is 0 Å². The second kappa shape index (κ2) is 5.05. The maximum Gasteiger partial charge on any atom is 0.123 e. The molecule has 4 nitrogen and oxygen atoms in total. The molecule has 90 valence electrons. The number of rotatable bonds is 4. The van der Waals surface area contributed by atoms with Crippen LogP contribution in [0.2, 0.25) is 0 Å². The van der Waals surface area contributed by atoms with Crippen LogP contribution < -0.4 is 5.32 Å². The highest BCUT2D eigenvalue weighted by atomic mass is 19.1. The monoisotopic (exact) mass is 234 g/mol. The highest BCUT2D eigenvalue weighted by Crippen LogP contribution is 2.21. The summed E-state index contributed by atoms with van der Waals surface area (Å²) in [4.78, 5) is 0. The standard InChI is InChI=1S/C12H15FN4/c1-3-17-11(8-15-16-17)12(14-2)9-5-4-6-10(13)7-9/h4-8,12,14H,3H2,1-2H3. The fraction of sp³-hybridized carbons (Fsp3) is 0.333. The second-order valence-corrected chi connectivity index (χ2v) is 3.75. The maximum atomic E-state index is 13.2. The molecule has 2 rings (SSSR count). The van der Waals surface area contributed by atoms with Crippen molar-refractivity contribution in [2.45, 2.75) is 19.5 Å². The first-order valence-corrected chi connectivity index (χ1v) is 5.57. The van der Waals surface area contributed by atoms with Crippen molar-refractivity contribution < 1.29 is 4.39 Å². The predicted octanol–water partition coefficient (Wildman–Crippen LogP) is 1.75. The molecule has 1 unspecified atom stereocenters. The van der Waals surface area contributed by atoms with Crippen LogP contribution in [0.5, 0.6) is 0 Å². The Morgan fingerprint density at radius 2 is 2.29 bits per heavy atom. The molecule has 17 heavy (non-hydrogen) atoms. The van der Waals surface area contributed by atoms with Crippen molar-refractivity contribution in [1.29, 1.82) is 0 Å². The summed E-state index contributed by atoms with van der Waals surface area (Å²) < 4.78 is 15.0. The smallest absolute Gasteiger partial charge is 0.123 e. The van der Waals surface area contributed by atoms with Gasteiger partial charge in [0.05, 0.1) is 17.9 Å². The first-order valence-electron chi connectivity index (χ1n) is 5.57. The van der Waals surface area contributed by atoms with Gasteiger partial charge in [0, 0.05) is 6.54 Å². The molecular weight excluding hydrogens is 219 g/mol. The lowest BCUT2D eigenvalue weighted by atomic mass is 10.0. The Morgan fingerprint density at radius 3 is 2.94 bits per heavy atom. The summed E-state index contributed by atoms with van der Waals surface area (Å²) in [6.45, 7) is 2.74. The number of aromatic nitrogens is 3. The zero-order chi connectivity index (χ0) is 12.3. The molecule has 1 aromatic carbocycles. The summed E-state index contributed by atoms with van der Waals surface area (Å²) in [5.74, 6) is -0.238. The van der Waals surface area contributed by atoms with E-state index in [1.807, 2.05) is 20.0 Å². The normalized spacial score (nSPS) is 12.6. The molecule has 1 heterocycles. The third-order valence-electron chi connectivity index (χ3n) is 2.71. The van der Waals surface area contributed by atoms with Crippen molar-refractivity contribution in [3.8, 4) is 0 Å². The number of nitrogens with zero attached hydrogens (tertiary/aromatic N) is 3. The van der Waals surface area contributed by atoms with Crippen molar-refractivity contribution in [2.75, 3.05) is 7.05 Å². The van der Waals surface area contributed by atoms with Gasteiger partial charge in [0.1, 0.15) is 5.82 Å². The molecule has 0 saturated heterocycles. The Balaban J connectivity index is 2.40. The minimum Gasteiger partial charge on any atom is -0.308 e. The van der Waals surface area contributed by atoms with Crippen molar-refractivity contribution in [1.82, 2.24) is 20.3 Å². The third-order valence-corrected chi connectivity index (χ3v) is 2.71. The van der Waals surface area contributed by atoms with Crippen LogP contribution in [-0.2, 0) is 6.54 Å². The topological polar surface area (TPSA) is 42.7 Å². The maximum absolute atomic E-state index is 13.2. The van der Waals surface area contributed by atoms with Gasteiger partial charge in [0.2, 0.25) is 0 Å². The molecule has 0 saturated carbocycles. The Morgan fingerprint density at radius 1 is 1.47 bits per heavy atom. The molecule has 0 bridgehead atoms. The molecule has 1 aromatic heterocycles. The average Bonchev–Trinajstić information content (AvgIpc) is 2.78. The van der Waals surface area contributed by atoms with E-state index in [9.17, 15) is 4.39 Å². The van der Waals surface area contributed by atoms with E-state index in [4.69, 9.17) is 0 Å². The Labute approximate surface area is 99.5 Å². The molecule has 0 aliphatic carbocycles. The molecule has 0 fully saturated rings. The molecule has 0 radical (unpaired) electrons. The molecule has 5 heteroatoms. The van der Waals surface area contributed by atoms with Crippen LogP contribution in [0.4, 0.5) is 4.39 Å². The van der Waals surface area contributed by atoms with Crippen LogP contribution in [0.1, 0.15) is 24.2 Å². The van der Waals surface area contributed by atoms with Crippen LogP contribution in [0.25, 0.3) is 0 Å². The molecule has 0 spiro atoms. The van der Waals surface area contributed by atoms with Crippen molar-refractivity contribution in [3.05, 3.63) is 47.5 Å². The summed E-state index contributed by atoms with van der Waals surface area (Å²) >= 11 is 0. The highest BCUT2D eigenvalue weighted by Gasteiger charge is 2.17. The number of benzene rings is 1. The van der Waals surface area contributed by atoms with Crippen molar-refractivity contribution >= 4 is 0 Å². The van der Waals surface area contributed by atoms with Crippen LogP contribution in [0.15, 0.2) is 30.5 Å². The van der Waals surface area contributed by atoms with Gasteiger partial charge in [-0.15, -0.1) is 5.10 Å². The number of nitrogens with one attached hydrogen (secondary N) is 1. The predicted molar refractivity (Wildman–Crippen MR) is 63.0 cm³/mol. The van der Waals surface area contributed by atoms with Gasteiger partial charge in [0.15, 0.2) is 0 Å². The molecule has 0 aliphatic rings. The van der Waals surface area contributed by atoms with Crippen LogP contribution in [0.3, 0.4) is 0 Å². The van der Waals surface area contributed by atoms with Crippen molar-refractivity contribution in [2.24, 2.45) is 0 Å². The first kappa shape index (κ1) is 11.7. The van der Waals surface area contributed by atoms with E-state index >= 15 is 0 Å². The van der Waals surface area contributed by atoms with E-state index in [0.29, 0.717) is 0 Å². The van der Waals surface area contributed by atoms with Gasteiger partial charge >= 0.3 is 0 Å². The lowest BCUT2D eigenvalue weighted by Crippen LogP contribution is -2.21. The summed E-state index contributed by atoms with van der Waals surface area (Å²) in [5.41, 5.74) is 1.80. The molecular formula is C12H15FN4. The second-order valence-electron chi connectivity index (χ2n) is 3.75. The van der Waals surface area contributed by atoms with E-state index in [2.05, 4.69) is 15.6 Å². The third kappa shape index (κ3) is 2.34. The molecule has 2 aromatic rings. The highest BCUT2D eigenvalue weighted by molar-refractivity contribution is 5.27. The quantitative estimate of drug-likeness (QED) is 0.876. The molecule has 1 N–H and O–H groups in total. The van der Waals surface area contributed by atoms with Gasteiger partial charge < -0.3 is 5.32 Å². The summed E-state index contributed by atoms with van der Waals surface area (Å²) in [6.07, 6.45) is 1.70. The van der Waals surface area contributed by atoms with E-state index < -0.39 is 0 Å². The molecule has 1 atom stereocenters. The summed E-state index contributed by atoms with van der Waals surface area (Å²) in [7, 11) is 1.84. The largest absolute Gasteiger partial charge is 0.308 e.